The van der Waals surface area contributed by atoms with Gasteiger partial charge in [0.15, 0.2) is 12.2 Å². The van der Waals surface area contributed by atoms with Crippen molar-refractivity contribution in [3.8, 4) is 0 Å². The number of aliphatic hydroxyl groups excluding tert-OH is 1. The minimum absolute atomic E-state index is 0.0986. The number of phosphoric ester groups is 2. The Morgan fingerprint density at radius 3 is 0.875 bits per heavy atom. The van der Waals surface area contributed by atoms with Crippen molar-refractivity contribution < 1.29 is 80.2 Å². The maximum atomic E-state index is 13.1. The number of aliphatic hydroxyl groups is 1. The molecule has 104 heavy (non-hydrogen) atoms. The normalized spacial score (nSPS) is 14.3. The molecule has 0 fully saturated rings. The van der Waals surface area contributed by atoms with Crippen molar-refractivity contribution in [3.63, 3.8) is 0 Å². The van der Waals surface area contributed by atoms with Gasteiger partial charge in [-0.05, 0) is 89.9 Å². The van der Waals surface area contributed by atoms with Gasteiger partial charge in [-0.2, -0.15) is 0 Å². The predicted molar refractivity (Wildman–Crippen MR) is 427 cm³/mol. The van der Waals surface area contributed by atoms with Crippen LogP contribution in [0.4, 0.5) is 0 Å². The van der Waals surface area contributed by atoms with E-state index < -0.39 is 97.5 Å². The maximum Gasteiger partial charge on any atom is 0.472 e. The number of ether oxygens (including phenoxy) is 4. The summed E-state index contributed by atoms with van der Waals surface area (Å²) in [5.74, 6) is -2.31. The van der Waals surface area contributed by atoms with Crippen LogP contribution < -0.4 is 0 Å². The third kappa shape index (κ3) is 76.2. The van der Waals surface area contributed by atoms with E-state index in [0.29, 0.717) is 25.7 Å². The Hall–Kier alpha value is -4.02. The van der Waals surface area contributed by atoms with Crippen LogP contribution in [0.2, 0.25) is 0 Å². The number of unbranched alkanes of at least 4 members (excludes halogenated alkanes) is 37. The second-order valence-corrected chi connectivity index (χ2v) is 30.6. The second kappa shape index (κ2) is 77.1. The topological polar surface area (TPSA) is 237 Å². The first kappa shape index (κ1) is 100.0. The Labute approximate surface area is 633 Å². The van der Waals surface area contributed by atoms with E-state index in [2.05, 4.69) is 101 Å². The van der Waals surface area contributed by atoms with Gasteiger partial charge < -0.3 is 33.8 Å². The minimum atomic E-state index is -5.00. The van der Waals surface area contributed by atoms with E-state index in [1.165, 1.54) is 154 Å². The molecule has 0 aromatic rings. The molecule has 602 valence electrons. The molecule has 5 atom stereocenters. The first-order valence-corrected chi connectivity index (χ1v) is 44.5. The third-order valence-electron chi connectivity index (χ3n) is 17.6. The number of hydrogen-bond donors (Lipinski definition) is 3. The van der Waals surface area contributed by atoms with E-state index >= 15 is 0 Å². The lowest BCUT2D eigenvalue weighted by atomic mass is 10.0. The lowest BCUT2D eigenvalue weighted by molar-refractivity contribution is -0.161. The summed E-state index contributed by atoms with van der Waals surface area (Å²) >= 11 is 0. The van der Waals surface area contributed by atoms with Crippen molar-refractivity contribution in [1.82, 2.24) is 0 Å². The van der Waals surface area contributed by atoms with Crippen molar-refractivity contribution in [1.29, 1.82) is 0 Å². The van der Waals surface area contributed by atoms with Crippen LogP contribution in [0.3, 0.4) is 0 Å². The van der Waals surface area contributed by atoms with E-state index in [4.69, 9.17) is 37.0 Å². The summed E-state index contributed by atoms with van der Waals surface area (Å²) in [5, 5.41) is 10.6. The van der Waals surface area contributed by atoms with E-state index in [1.807, 2.05) is 12.2 Å². The Morgan fingerprint density at radius 1 is 0.288 bits per heavy atom. The molecule has 0 saturated heterocycles. The number of phosphoric acid groups is 2. The van der Waals surface area contributed by atoms with Gasteiger partial charge >= 0.3 is 39.5 Å². The highest BCUT2D eigenvalue weighted by molar-refractivity contribution is 7.47. The molecule has 0 heterocycles. The van der Waals surface area contributed by atoms with Crippen molar-refractivity contribution in [2.75, 3.05) is 39.6 Å². The molecule has 0 aromatic carbocycles. The van der Waals surface area contributed by atoms with Crippen LogP contribution >= 0.6 is 15.6 Å². The number of carbonyl (C=O) groups is 4. The van der Waals surface area contributed by atoms with E-state index in [1.54, 1.807) is 12.2 Å². The van der Waals surface area contributed by atoms with Gasteiger partial charge in [0.05, 0.1) is 32.8 Å². The molecule has 0 rings (SSSR count). The number of esters is 4. The van der Waals surface area contributed by atoms with Crippen LogP contribution in [0.15, 0.2) is 97.2 Å². The highest BCUT2D eigenvalue weighted by Gasteiger charge is 2.30. The molecule has 0 aromatic heterocycles. The lowest BCUT2D eigenvalue weighted by Crippen LogP contribution is -2.30. The molecule has 5 unspecified atom stereocenters. The number of rotatable bonds is 78. The quantitative estimate of drug-likeness (QED) is 0.0169. The van der Waals surface area contributed by atoms with Crippen molar-refractivity contribution in [2.45, 2.75) is 380 Å². The van der Waals surface area contributed by atoms with Gasteiger partial charge in [0.2, 0.25) is 0 Å². The summed E-state index contributed by atoms with van der Waals surface area (Å²) < 4.78 is 68.6. The molecule has 0 aliphatic heterocycles. The Kier molecular flexibility index (Phi) is 74.2. The first-order chi connectivity index (χ1) is 50.7. The van der Waals surface area contributed by atoms with Gasteiger partial charge in [0, 0.05) is 19.3 Å². The highest BCUT2D eigenvalue weighted by atomic mass is 31.2. The molecular formula is C85H150O17P2. The monoisotopic (exact) mass is 1510 g/mol. The van der Waals surface area contributed by atoms with E-state index in [9.17, 15) is 43.2 Å². The van der Waals surface area contributed by atoms with Crippen LogP contribution in [0.1, 0.15) is 362 Å². The highest BCUT2D eigenvalue weighted by Crippen LogP contribution is 2.45. The molecular weight excluding hydrogens is 1350 g/mol. The summed E-state index contributed by atoms with van der Waals surface area (Å²) in [5.41, 5.74) is 0. The van der Waals surface area contributed by atoms with Gasteiger partial charge in [0.1, 0.15) is 19.3 Å². The summed E-state index contributed by atoms with van der Waals surface area (Å²) in [6.07, 6.45) is 82.6. The smallest absolute Gasteiger partial charge is 0.462 e. The first-order valence-electron chi connectivity index (χ1n) is 41.5. The lowest BCUT2D eigenvalue weighted by Gasteiger charge is -2.21. The zero-order valence-corrected chi connectivity index (χ0v) is 67.7. The Morgan fingerprint density at radius 2 is 0.538 bits per heavy atom. The summed E-state index contributed by atoms with van der Waals surface area (Å²) in [6.45, 7) is 4.68. The van der Waals surface area contributed by atoms with Gasteiger partial charge in [-0.25, -0.2) is 9.13 Å². The van der Waals surface area contributed by atoms with Crippen LogP contribution in [0.5, 0.6) is 0 Å². The second-order valence-electron chi connectivity index (χ2n) is 27.7. The molecule has 3 N–H and O–H groups in total. The Balaban J connectivity index is 5.40. The fraction of sp³-hybridized carbons (Fsp3) is 0.765. The van der Waals surface area contributed by atoms with Crippen LogP contribution in [-0.4, -0.2) is 96.7 Å². The van der Waals surface area contributed by atoms with Crippen LogP contribution in [0.25, 0.3) is 0 Å². The largest absolute Gasteiger partial charge is 0.472 e. The van der Waals surface area contributed by atoms with Gasteiger partial charge in [0.25, 0.3) is 0 Å². The maximum absolute atomic E-state index is 13.1. The average molecular weight is 1510 g/mol. The van der Waals surface area contributed by atoms with Crippen molar-refractivity contribution >= 4 is 39.5 Å². The average Bonchev–Trinajstić information content (AvgIpc) is 0.999. The standard InChI is InChI=1S/C85H150O17P2/c1-5-9-13-17-21-25-29-33-37-38-39-40-44-46-50-54-58-62-66-70-83(88)96-76-81(102-85(90)72-68-64-60-56-52-48-43-36-32-28-24-20-16-12-8-4)78-100-104(93,94)98-74-79(86)73-97-103(91,92)99-77-80(101-84(89)71-67-63-59-55-51-47-42-35-31-27-23-19-15-11-7-3)75-95-82(87)69-65-61-57-53-49-45-41-34-30-26-22-18-14-10-6-2/h12,16,21,24-25,28,33,36-37,39-40,43,52,56,64,68,79-81,86H,5-11,13-15,17-20,22-23,26-27,29-32,34-35,38,41-42,44-51,53-55,57-63,65-67,69-78H2,1-4H3,(H,91,92)(H,93,94)/b16-12-,25-21-,28-24-,37-33-,40-39-,43-36-,56-52-,68-64-. The van der Waals surface area contributed by atoms with E-state index in [-0.39, 0.29) is 25.7 Å². The molecule has 0 bridgehead atoms. The molecule has 0 aliphatic carbocycles. The predicted octanol–water partition coefficient (Wildman–Crippen LogP) is 24.3. The van der Waals surface area contributed by atoms with Crippen LogP contribution in [-0.2, 0) is 65.4 Å². The fourth-order valence-corrected chi connectivity index (χ4v) is 12.9. The summed E-state index contributed by atoms with van der Waals surface area (Å²) in [6, 6.07) is 0. The van der Waals surface area contributed by atoms with E-state index in [0.717, 1.165) is 128 Å². The van der Waals surface area contributed by atoms with Gasteiger partial charge in [-0.15, -0.1) is 0 Å². The SMILES string of the molecule is CC/C=C\C/C=C\C/C=C\C/C=C\C/C=C\CC(=O)OC(COC(=O)CCCCCCCC/C=C\C/C=C\C/C=C\CCCCC)COP(=O)(O)OCC(O)COP(=O)(O)OCC(COC(=O)CCCCCCCCCCCCCCCCC)OC(=O)CCCCCCCCCCCCCCCCC. The third-order valence-corrected chi connectivity index (χ3v) is 19.5. The molecule has 0 spiro atoms. The molecule has 19 heteroatoms. The molecule has 0 saturated carbocycles. The van der Waals surface area contributed by atoms with Gasteiger partial charge in [-0.1, -0.05) is 343 Å². The zero-order chi connectivity index (χ0) is 76.0. The zero-order valence-electron chi connectivity index (χ0n) is 65.9. The van der Waals surface area contributed by atoms with Crippen LogP contribution in [0, 0.1) is 0 Å². The molecule has 0 aliphatic rings. The Bertz CT molecular complexity index is 2350. The molecule has 0 amide bonds. The summed E-state index contributed by atoms with van der Waals surface area (Å²) in [7, 11) is -9.98. The minimum Gasteiger partial charge on any atom is -0.462 e. The number of allylic oxidation sites excluding steroid dienone is 15. The summed E-state index contributed by atoms with van der Waals surface area (Å²) in [4.78, 5) is 73.0. The number of hydrogen-bond acceptors (Lipinski definition) is 15. The fourth-order valence-electron chi connectivity index (χ4n) is 11.3. The molecule has 17 nitrogen and oxygen atoms in total. The van der Waals surface area contributed by atoms with Crippen molar-refractivity contribution in [3.05, 3.63) is 97.2 Å². The molecule has 0 radical (unpaired) electrons. The van der Waals surface area contributed by atoms with Gasteiger partial charge in [-0.3, -0.25) is 37.3 Å². The number of carbonyl (C=O) groups excluding carboxylic acids is 4. The van der Waals surface area contributed by atoms with Crippen molar-refractivity contribution in [2.24, 2.45) is 0 Å².